The average Bonchev–Trinajstić information content (AvgIpc) is 2.69. The number of benzene rings is 1. The van der Waals surface area contributed by atoms with Crippen LogP contribution in [0.1, 0.15) is 17.4 Å². The Balaban J connectivity index is 2.45. The molecule has 84 valence electrons. The molecule has 1 aromatic heterocycles. The Kier molecular flexibility index (Phi) is 3.57. The van der Waals surface area contributed by atoms with Crippen LogP contribution in [0.15, 0.2) is 36.7 Å². The van der Waals surface area contributed by atoms with Gasteiger partial charge in [0.05, 0.1) is 0 Å². The third-order valence-corrected chi connectivity index (χ3v) is 3.48. The van der Waals surface area contributed by atoms with Crippen LogP contribution in [0.25, 0.3) is 0 Å². The molecule has 2 rings (SSSR count). The third kappa shape index (κ3) is 2.11. The Labute approximate surface area is 108 Å². The van der Waals surface area contributed by atoms with Crippen molar-refractivity contribution in [2.75, 3.05) is 0 Å². The van der Waals surface area contributed by atoms with E-state index in [9.17, 15) is 0 Å². The molecule has 16 heavy (non-hydrogen) atoms. The molecule has 1 aromatic carbocycles. The summed E-state index contributed by atoms with van der Waals surface area (Å²) in [6.45, 7) is 0. The maximum absolute atomic E-state index is 5.63. The van der Waals surface area contributed by atoms with E-state index < -0.39 is 0 Å². The van der Waals surface area contributed by atoms with E-state index in [-0.39, 0.29) is 6.04 Å². The monoisotopic (exact) mass is 328 g/mol. The minimum atomic E-state index is -0.0758. The van der Waals surface area contributed by atoms with Gasteiger partial charge in [-0.3, -0.25) is 5.84 Å². The van der Waals surface area contributed by atoms with Crippen molar-refractivity contribution in [1.29, 1.82) is 0 Å². The minimum absolute atomic E-state index is 0.0758. The summed E-state index contributed by atoms with van der Waals surface area (Å²) in [4.78, 5) is 4.32. The highest BCUT2D eigenvalue weighted by molar-refractivity contribution is 14.1. The van der Waals surface area contributed by atoms with Crippen LogP contribution < -0.4 is 11.3 Å². The van der Waals surface area contributed by atoms with Gasteiger partial charge in [-0.2, -0.15) is 0 Å². The molecule has 0 radical (unpaired) electrons. The average molecular weight is 328 g/mol. The number of hydrazine groups is 1. The molecular weight excluding hydrogens is 315 g/mol. The molecule has 0 aliphatic carbocycles. The van der Waals surface area contributed by atoms with Gasteiger partial charge in [-0.25, -0.2) is 10.4 Å². The lowest BCUT2D eigenvalue weighted by molar-refractivity contribution is 0.578. The second-order valence-corrected chi connectivity index (χ2v) is 4.68. The van der Waals surface area contributed by atoms with Crippen molar-refractivity contribution in [2.24, 2.45) is 12.9 Å². The van der Waals surface area contributed by atoms with E-state index in [1.807, 2.05) is 29.9 Å². The SMILES string of the molecule is Cn1ccnc1C(NN)c1ccccc1I. The molecule has 4 nitrogen and oxygen atoms in total. The summed E-state index contributed by atoms with van der Waals surface area (Å²) in [7, 11) is 1.96. The van der Waals surface area contributed by atoms with E-state index in [0.29, 0.717) is 0 Å². The summed E-state index contributed by atoms with van der Waals surface area (Å²) in [5, 5.41) is 0. The molecule has 0 bridgehead atoms. The normalized spacial score (nSPS) is 12.7. The number of hydrogen-bond donors (Lipinski definition) is 2. The highest BCUT2D eigenvalue weighted by Crippen LogP contribution is 2.23. The first-order chi connectivity index (χ1) is 7.74. The predicted molar refractivity (Wildman–Crippen MR) is 71.5 cm³/mol. The molecule has 2 aromatic rings. The zero-order valence-electron chi connectivity index (χ0n) is 8.89. The Morgan fingerprint density at radius 1 is 1.44 bits per heavy atom. The maximum Gasteiger partial charge on any atom is 0.131 e. The lowest BCUT2D eigenvalue weighted by atomic mass is 10.1. The van der Waals surface area contributed by atoms with Crippen LogP contribution in [-0.4, -0.2) is 9.55 Å². The number of nitrogens with two attached hydrogens (primary N) is 1. The fraction of sp³-hybridized carbons (Fsp3) is 0.182. The van der Waals surface area contributed by atoms with E-state index in [1.165, 1.54) is 3.57 Å². The van der Waals surface area contributed by atoms with Gasteiger partial charge in [0, 0.05) is 23.0 Å². The standard InChI is InChI=1S/C11H13IN4/c1-16-7-6-14-11(16)10(15-13)8-4-2-3-5-9(8)12/h2-7,10,15H,13H2,1H3. The van der Waals surface area contributed by atoms with Crippen molar-refractivity contribution in [3.05, 3.63) is 51.6 Å². The quantitative estimate of drug-likeness (QED) is 0.511. The van der Waals surface area contributed by atoms with Gasteiger partial charge in [0.15, 0.2) is 0 Å². The van der Waals surface area contributed by atoms with Crippen molar-refractivity contribution in [2.45, 2.75) is 6.04 Å². The molecule has 1 unspecified atom stereocenters. The number of aryl methyl sites for hydroxylation is 1. The number of nitrogens with zero attached hydrogens (tertiary/aromatic N) is 2. The molecule has 1 atom stereocenters. The highest BCUT2D eigenvalue weighted by Gasteiger charge is 2.18. The third-order valence-electron chi connectivity index (χ3n) is 2.50. The Hall–Kier alpha value is -0.920. The predicted octanol–water partition coefficient (Wildman–Crippen LogP) is 1.58. The van der Waals surface area contributed by atoms with Gasteiger partial charge in [-0.15, -0.1) is 0 Å². The number of imidazole rings is 1. The fourth-order valence-electron chi connectivity index (χ4n) is 1.67. The van der Waals surface area contributed by atoms with Gasteiger partial charge in [0.1, 0.15) is 11.9 Å². The molecule has 1 heterocycles. The van der Waals surface area contributed by atoms with Gasteiger partial charge in [-0.05, 0) is 34.2 Å². The number of rotatable bonds is 3. The van der Waals surface area contributed by atoms with E-state index >= 15 is 0 Å². The van der Waals surface area contributed by atoms with Crippen molar-refractivity contribution < 1.29 is 0 Å². The van der Waals surface area contributed by atoms with Gasteiger partial charge in [0.2, 0.25) is 0 Å². The Bertz CT molecular complexity index is 480. The van der Waals surface area contributed by atoms with E-state index in [2.05, 4.69) is 45.1 Å². The molecule has 0 saturated carbocycles. The lowest BCUT2D eigenvalue weighted by Crippen LogP contribution is -2.31. The summed E-state index contributed by atoms with van der Waals surface area (Å²) in [6.07, 6.45) is 3.69. The number of nitrogens with one attached hydrogen (secondary N) is 1. The fourth-order valence-corrected chi connectivity index (χ4v) is 2.37. The molecule has 5 heteroatoms. The van der Waals surface area contributed by atoms with Crippen molar-refractivity contribution in [1.82, 2.24) is 15.0 Å². The lowest BCUT2D eigenvalue weighted by Gasteiger charge is -2.17. The minimum Gasteiger partial charge on any atom is -0.336 e. The molecule has 0 amide bonds. The summed E-state index contributed by atoms with van der Waals surface area (Å²) in [6, 6.07) is 8.06. The van der Waals surface area contributed by atoms with Crippen LogP contribution in [-0.2, 0) is 7.05 Å². The van der Waals surface area contributed by atoms with Crippen LogP contribution in [0.4, 0.5) is 0 Å². The maximum atomic E-state index is 5.63. The van der Waals surface area contributed by atoms with Crippen LogP contribution in [0.5, 0.6) is 0 Å². The molecule has 0 saturated heterocycles. The van der Waals surface area contributed by atoms with Crippen LogP contribution in [0.3, 0.4) is 0 Å². The van der Waals surface area contributed by atoms with Gasteiger partial charge in [0.25, 0.3) is 0 Å². The van der Waals surface area contributed by atoms with Crippen LogP contribution in [0.2, 0.25) is 0 Å². The van der Waals surface area contributed by atoms with Gasteiger partial charge < -0.3 is 4.57 Å². The molecular formula is C11H13IN4. The molecule has 0 aliphatic rings. The first-order valence-electron chi connectivity index (χ1n) is 4.92. The number of aromatic nitrogens is 2. The van der Waals surface area contributed by atoms with Crippen molar-refractivity contribution in [3.8, 4) is 0 Å². The second-order valence-electron chi connectivity index (χ2n) is 3.52. The summed E-state index contributed by atoms with van der Waals surface area (Å²) in [5.41, 5.74) is 3.95. The van der Waals surface area contributed by atoms with Crippen molar-refractivity contribution in [3.63, 3.8) is 0 Å². The smallest absolute Gasteiger partial charge is 0.131 e. The highest BCUT2D eigenvalue weighted by atomic mass is 127. The zero-order valence-corrected chi connectivity index (χ0v) is 11.0. The van der Waals surface area contributed by atoms with Crippen molar-refractivity contribution >= 4 is 22.6 Å². The van der Waals surface area contributed by atoms with Gasteiger partial charge in [-0.1, -0.05) is 18.2 Å². The first kappa shape index (κ1) is 11.6. The van der Waals surface area contributed by atoms with E-state index in [1.54, 1.807) is 6.20 Å². The Morgan fingerprint density at radius 2 is 2.19 bits per heavy atom. The van der Waals surface area contributed by atoms with Crippen LogP contribution in [0, 0.1) is 3.57 Å². The molecule has 3 N–H and O–H groups in total. The number of halogens is 1. The molecule has 0 fully saturated rings. The molecule has 0 spiro atoms. The number of hydrogen-bond acceptors (Lipinski definition) is 3. The van der Waals surface area contributed by atoms with Crippen LogP contribution >= 0.6 is 22.6 Å². The van der Waals surface area contributed by atoms with E-state index in [0.717, 1.165) is 11.4 Å². The largest absolute Gasteiger partial charge is 0.336 e. The first-order valence-corrected chi connectivity index (χ1v) is 5.99. The van der Waals surface area contributed by atoms with E-state index in [4.69, 9.17) is 5.84 Å². The molecule has 0 aliphatic heterocycles. The zero-order chi connectivity index (χ0) is 11.5. The van der Waals surface area contributed by atoms with Gasteiger partial charge >= 0.3 is 0 Å². The summed E-state index contributed by atoms with van der Waals surface area (Å²) in [5.74, 6) is 6.54. The summed E-state index contributed by atoms with van der Waals surface area (Å²) >= 11 is 2.30. The summed E-state index contributed by atoms with van der Waals surface area (Å²) < 4.78 is 3.14. The topological polar surface area (TPSA) is 55.9 Å². The second kappa shape index (κ2) is 4.94. The Morgan fingerprint density at radius 3 is 2.75 bits per heavy atom.